The van der Waals surface area contributed by atoms with Crippen LogP contribution >= 0.6 is 0 Å². The second kappa shape index (κ2) is 22.2. The Labute approximate surface area is 340 Å². The molecule has 0 saturated carbocycles. The number of benzene rings is 3. The maximum Gasteiger partial charge on any atom is -1.00 e. The molecule has 5 heteroatoms. The molecule has 1 aliphatic rings. The van der Waals surface area contributed by atoms with Crippen LogP contribution in [-0.2, 0) is 46.1 Å². The van der Waals surface area contributed by atoms with Gasteiger partial charge in [-0.25, -0.2) is 0 Å². The Hall–Kier alpha value is -1.06. The van der Waals surface area contributed by atoms with E-state index in [4.69, 9.17) is 0 Å². The van der Waals surface area contributed by atoms with E-state index in [-0.39, 0.29) is 40.9 Å². The van der Waals surface area contributed by atoms with E-state index in [1.807, 2.05) is 0 Å². The fourth-order valence-corrected chi connectivity index (χ4v) is 12.4. The summed E-state index contributed by atoms with van der Waals surface area (Å²) < 4.78 is -0.0459. The van der Waals surface area contributed by atoms with Crippen molar-refractivity contribution in [2.45, 2.75) is 149 Å². The molecule has 3 aromatic rings. The average molecular weight is 786 g/mol. The van der Waals surface area contributed by atoms with Crippen molar-refractivity contribution in [1.29, 1.82) is 0 Å². The van der Waals surface area contributed by atoms with Gasteiger partial charge in [-0.15, -0.1) is 0 Å². The SMILES string of the molecule is CCCCCCc1cc(CCCCCC)cc(C([SiH2]c2cc(C)cc(C)c2)[C]2([Ti+3])C(C)=C(C)C(C)=C2c2cc(CC)cc(CC)c2)c1.[Cl-].[Cl-].[Cl-]. The standard InChI is InChI=1S/C45H63Si.3ClH.Ti/c1-10-14-16-18-20-38-26-39(21-19-17-15-11-2)30-41(29-38)45(46-42-23-31(5)22-32(6)24-42)44-35(9)33(7)34(8)43(44)40-27-36(12-3)25-37(13-4)28-40;;;;/h22-30,45H,10-21,46H2,1-9H3;3*1H;/q;;;;+3/p-3. The summed E-state index contributed by atoms with van der Waals surface area (Å²) in [6.45, 7) is 21.1. The topological polar surface area (TPSA) is 0 Å². The molecule has 0 heterocycles. The smallest absolute Gasteiger partial charge is 1.00 e. The fourth-order valence-electron chi connectivity index (χ4n) is 8.18. The predicted octanol–water partition coefficient (Wildman–Crippen LogP) is 2.75. The average Bonchev–Trinajstić information content (AvgIpc) is 3.22. The monoisotopic (exact) mass is 784 g/mol. The van der Waals surface area contributed by atoms with E-state index in [1.54, 1.807) is 33.0 Å². The third-order valence-corrected chi connectivity index (χ3v) is 15.5. The van der Waals surface area contributed by atoms with Gasteiger partial charge in [-0.2, -0.15) is 0 Å². The van der Waals surface area contributed by atoms with Gasteiger partial charge >= 0.3 is 305 Å². The number of hydrogen-bond donors (Lipinski definition) is 0. The molecule has 0 aromatic heterocycles. The summed E-state index contributed by atoms with van der Waals surface area (Å²) in [6.07, 6.45) is 15.1. The van der Waals surface area contributed by atoms with Gasteiger partial charge in [-0.3, -0.25) is 0 Å². The van der Waals surface area contributed by atoms with Crippen molar-refractivity contribution in [3.8, 4) is 0 Å². The first-order valence-electron chi connectivity index (χ1n) is 19.0. The van der Waals surface area contributed by atoms with Crippen LogP contribution in [0, 0.1) is 13.8 Å². The van der Waals surface area contributed by atoms with Gasteiger partial charge in [0.05, 0.1) is 0 Å². The minimum atomic E-state index is -0.723. The van der Waals surface area contributed by atoms with Gasteiger partial charge in [-0.05, 0) is 0 Å². The first-order valence-corrected chi connectivity index (χ1v) is 21.3. The molecule has 0 N–H and O–H groups in total. The van der Waals surface area contributed by atoms with E-state index < -0.39 is 9.52 Å². The van der Waals surface area contributed by atoms with Crippen LogP contribution in [0.25, 0.3) is 5.57 Å². The number of hydrogen-bond acceptors (Lipinski definition) is 0. The third-order valence-electron chi connectivity index (χ3n) is 11.0. The van der Waals surface area contributed by atoms with Crippen LogP contribution in [0.5, 0.6) is 0 Å². The summed E-state index contributed by atoms with van der Waals surface area (Å²) in [4.78, 5) is 0. The summed E-state index contributed by atoms with van der Waals surface area (Å²) >= 11 is 2.64. The molecule has 50 heavy (non-hydrogen) atoms. The maximum atomic E-state index is 2.67. The van der Waals surface area contributed by atoms with Gasteiger partial charge in [-0.1, -0.05) is 0 Å². The number of unbranched alkanes of at least 4 members (excludes halogenated alkanes) is 6. The zero-order valence-corrected chi connectivity index (χ0v) is 37.8. The molecule has 0 aliphatic heterocycles. The van der Waals surface area contributed by atoms with Crippen molar-refractivity contribution in [1.82, 2.24) is 0 Å². The molecule has 4 rings (SSSR count). The molecule has 272 valence electrons. The molecule has 3 aromatic carbocycles. The van der Waals surface area contributed by atoms with Crippen LogP contribution in [-0.4, -0.2) is 9.52 Å². The minimum absolute atomic E-state index is 0. The van der Waals surface area contributed by atoms with Crippen LogP contribution in [0.4, 0.5) is 0 Å². The van der Waals surface area contributed by atoms with Gasteiger partial charge in [0.15, 0.2) is 0 Å². The molecule has 2 atom stereocenters. The Kier molecular flexibility index (Phi) is 20.9. The molecule has 0 spiro atoms. The van der Waals surface area contributed by atoms with Crippen LogP contribution in [0.15, 0.2) is 71.3 Å². The van der Waals surface area contributed by atoms with E-state index >= 15 is 0 Å². The van der Waals surface area contributed by atoms with E-state index in [1.165, 1.54) is 103 Å². The first kappa shape index (κ1) is 47.0. The molecule has 2 unspecified atom stereocenters. The van der Waals surface area contributed by atoms with Crippen LogP contribution in [0.2, 0.25) is 3.72 Å². The minimum Gasteiger partial charge on any atom is -1.00 e. The van der Waals surface area contributed by atoms with E-state index in [0.717, 1.165) is 12.8 Å². The van der Waals surface area contributed by atoms with Gasteiger partial charge in [0.25, 0.3) is 0 Å². The van der Waals surface area contributed by atoms with Crippen molar-refractivity contribution in [2.24, 2.45) is 0 Å². The Bertz CT molecular complexity index is 1520. The maximum absolute atomic E-state index is 2.67. The number of halogens is 3. The summed E-state index contributed by atoms with van der Waals surface area (Å²) in [6, 6.07) is 22.8. The quantitative estimate of drug-likeness (QED) is 0.146. The molecule has 1 aliphatic carbocycles. The van der Waals surface area contributed by atoms with Gasteiger partial charge < -0.3 is 37.2 Å². The summed E-state index contributed by atoms with van der Waals surface area (Å²) in [5.41, 5.74) is 18.7. The van der Waals surface area contributed by atoms with Crippen LogP contribution in [0.3, 0.4) is 0 Å². The van der Waals surface area contributed by atoms with Crippen molar-refractivity contribution < 1.29 is 57.7 Å². The summed E-state index contributed by atoms with van der Waals surface area (Å²) in [7, 11) is -0.723. The van der Waals surface area contributed by atoms with Crippen LogP contribution < -0.4 is 42.4 Å². The van der Waals surface area contributed by atoms with Crippen molar-refractivity contribution >= 4 is 20.3 Å². The van der Waals surface area contributed by atoms with E-state index in [0.29, 0.717) is 5.54 Å². The molecule has 0 bridgehead atoms. The van der Waals surface area contributed by atoms with Crippen molar-refractivity contribution in [2.75, 3.05) is 0 Å². The molecular formula is C45H63Cl3SiTi. The van der Waals surface area contributed by atoms with Crippen LogP contribution in [0.1, 0.15) is 150 Å². The number of aryl methyl sites for hydroxylation is 6. The molecular weight excluding hydrogens is 723 g/mol. The summed E-state index contributed by atoms with van der Waals surface area (Å²) in [5, 5.41) is 1.61. The Morgan fingerprint density at radius 3 is 1.50 bits per heavy atom. The third kappa shape index (κ3) is 11.5. The zero-order valence-electron chi connectivity index (χ0n) is 32.6. The number of allylic oxidation sites excluding steroid dienone is 4. The molecule has 0 fully saturated rings. The Morgan fingerprint density at radius 1 is 0.560 bits per heavy atom. The largest absolute Gasteiger partial charge is 1.00 e. The zero-order chi connectivity index (χ0) is 34.1. The Balaban J connectivity index is 0.00000417. The normalized spacial score (nSPS) is 16.5. The predicted molar refractivity (Wildman–Crippen MR) is 208 cm³/mol. The Morgan fingerprint density at radius 2 is 1.04 bits per heavy atom. The van der Waals surface area contributed by atoms with E-state index in [9.17, 15) is 0 Å². The van der Waals surface area contributed by atoms with Crippen molar-refractivity contribution in [3.63, 3.8) is 0 Å². The second-order valence-corrected chi connectivity index (χ2v) is 18.0. The van der Waals surface area contributed by atoms with Gasteiger partial charge in [0.2, 0.25) is 0 Å². The molecule has 0 radical (unpaired) electrons. The van der Waals surface area contributed by atoms with Gasteiger partial charge in [0, 0.05) is 0 Å². The molecule has 0 saturated heterocycles. The second-order valence-electron chi connectivity index (χ2n) is 14.8. The fraction of sp³-hybridized carbons (Fsp3) is 0.511. The van der Waals surface area contributed by atoms with Gasteiger partial charge in [0.1, 0.15) is 0 Å². The number of rotatable bonds is 17. The first-order chi connectivity index (χ1) is 22.5. The van der Waals surface area contributed by atoms with Crippen molar-refractivity contribution in [3.05, 3.63) is 116 Å². The summed E-state index contributed by atoms with van der Waals surface area (Å²) in [5.74, 6) is 0. The molecule has 0 amide bonds. The van der Waals surface area contributed by atoms with E-state index in [2.05, 4.69) is 137 Å². The molecule has 0 nitrogen and oxygen atoms in total.